The van der Waals surface area contributed by atoms with Crippen LogP contribution in [0.2, 0.25) is 0 Å². The number of benzene rings is 10. The fourth-order valence-electron chi connectivity index (χ4n) is 8.72. The number of anilines is 3. The topological polar surface area (TPSA) is 16.4 Å². The highest BCUT2D eigenvalue weighted by molar-refractivity contribution is 5.97. The van der Waals surface area contributed by atoms with Gasteiger partial charge in [-0.25, -0.2) is 0 Å². The smallest absolute Gasteiger partial charge is 0.136 e. The second-order valence-electron chi connectivity index (χ2n) is 15.7. The second-order valence-corrected chi connectivity index (χ2v) is 15.7. The maximum absolute atomic E-state index is 6.47. The standard InChI is InChI=1S/C60H41NO/c1-3-12-42(13-4-1)43-22-24-44(25-23-43)45-26-33-52(34-27-45)61(54-37-30-49(31-38-54)56-20-11-18-48-16-7-9-19-55(48)56)53-35-28-46(29-36-53)50-32-39-57(47-14-5-2-6-15-47)58(40-50)60-41-51-17-8-10-21-59(51)62-60/h1-41H. The van der Waals surface area contributed by atoms with Crippen LogP contribution in [0, 0.1) is 0 Å². The zero-order valence-electron chi connectivity index (χ0n) is 34.0. The maximum Gasteiger partial charge on any atom is 0.136 e. The second kappa shape index (κ2) is 16.1. The average Bonchev–Trinajstić information content (AvgIpc) is 3.80. The SMILES string of the molecule is c1ccc(-c2ccc(-c3ccc(N(c4ccc(-c5ccc(-c6ccccc6)c(-c6cc7ccccc7o6)c5)cc4)c4ccc(-c5cccc6ccccc56)cc4)cc3)cc2)cc1. The number of hydrogen-bond acceptors (Lipinski definition) is 2. The van der Waals surface area contributed by atoms with E-state index in [1.54, 1.807) is 0 Å². The van der Waals surface area contributed by atoms with E-state index in [0.29, 0.717) is 0 Å². The number of rotatable bonds is 9. The Morgan fingerprint density at radius 1 is 0.258 bits per heavy atom. The predicted molar refractivity (Wildman–Crippen MR) is 261 cm³/mol. The average molecular weight is 792 g/mol. The Kier molecular flexibility index (Phi) is 9.57. The molecule has 10 aromatic carbocycles. The third-order valence-electron chi connectivity index (χ3n) is 11.9. The van der Waals surface area contributed by atoms with Gasteiger partial charge in [0.25, 0.3) is 0 Å². The van der Waals surface area contributed by atoms with Crippen LogP contribution < -0.4 is 4.90 Å². The molecule has 62 heavy (non-hydrogen) atoms. The van der Waals surface area contributed by atoms with Crippen molar-refractivity contribution in [2.24, 2.45) is 0 Å². The van der Waals surface area contributed by atoms with Gasteiger partial charge in [-0.1, -0.05) is 194 Å². The van der Waals surface area contributed by atoms with Crippen molar-refractivity contribution in [2.45, 2.75) is 0 Å². The third-order valence-corrected chi connectivity index (χ3v) is 11.9. The van der Waals surface area contributed by atoms with Gasteiger partial charge in [0.2, 0.25) is 0 Å². The fourth-order valence-corrected chi connectivity index (χ4v) is 8.72. The van der Waals surface area contributed by atoms with Crippen LogP contribution in [0.3, 0.4) is 0 Å². The first-order valence-electron chi connectivity index (χ1n) is 21.2. The lowest BCUT2D eigenvalue weighted by Gasteiger charge is -2.26. The van der Waals surface area contributed by atoms with Crippen LogP contribution in [0.5, 0.6) is 0 Å². The summed E-state index contributed by atoms with van der Waals surface area (Å²) in [6, 6.07) is 89.0. The summed E-state index contributed by atoms with van der Waals surface area (Å²) in [5.74, 6) is 0.859. The molecule has 1 heterocycles. The van der Waals surface area contributed by atoms with Crippen LogP contribution in [-0.2, 0) is 0 Å². The zero-order chi connectivity index (χ0) is 41.2. The molecule has 11 aromatic rings. The Morgan fingerprint density at radius 3 is 1.31 bits per heavy atom. The van der Waals surface area contributed by atoms with Gasteiger partial charge in [-0.15, -0.1) is 0 Å². The number of nitrogens with zero attached hydrogens (tertiary/aromatic N) is 1. The highest BCUT2D eigenvalue weighted by Crippen LogP contribution is 2.41. The van der Waals surface area contributed by atoms with E-state index in [1.165, 1.54) is 44.2 Å². The molecule has 0 aliphatic heterocycles. The van der Waals surface area contributed by atoms with Gasteiger partial charge in [-0.3, -0.25) is 0 Å². The lowest BCUT2D eigenvalue weighted by molar-refractivity contribution is 0.632. The van der Waals surface area contributed by atoms with E-state index in [4.69, 9.17) is 4.42 Å². The summed E-state index contributed by atoms with van der Waals surface area (Å²) in [6.07, 6.45) is 0. The van der Waals surface area contributed by atoms with Crippen molar-refractivity contribution in [3.8, 4) is 67.0 Å². The molecular weight excluding hydrogens is 751 g/mol. The first kappa shape index (κ1) is 36.8. The Bertz CT molecular complexity index is 3260. The van der Waals surface area contributed by atoms with Crippen LogP contribution >= 0.6 is 0 Å². The van der Waals surface area contributed by atoms with Crippen molar-refractivity contribution < 1.29 is 4.42 Å². The highest BCUT2D eigenvalue weighted by Gasteiger charge is 2.17. The molecule has 0 amide bonds. The van der Waals surface area contributed by atoms with Gasteiger partial charge in [0.1, 0.15) is 11.3 Å². The monoisotopic (exact) mass is 791 g/mol. The molecule has 292 valence electrons. The molecule has 0 saturated heterocycles. The van der Waals surface area contributed by atoms with E-state index in [2.05, 4.69) is 241 Å². The first-order valence-corrected chi connectivity index (χ1v) is 21.2. The fraction of sp³-hybridized carbons (Fsp3) is 0. The molecule has 0 spiro atoms. The first-order chi connectivity index (χ1) is 30.7. The van der Waals surface area contributed by atoms with Crippen LogP contribution in [0.25, 0.3) is 88.7 Å². The molecule has 1 aromatic heterocycles. The molecule has 2 heteroatoms. The molecule has 0 radical (unpaired) electrons. The van der Waals surface area contributed by atoms with Gasteiger partial charge in [-0.2, -0.15) is 0 Å². The van der Waals surface area contributed by atoms with Crippen molar-refractivity contribution in [1.29, 1.82) is 0 Å². The maximum atomic E-state index is 6.47. The Morgan fingerprint density at radius 2 is 0.694 bits per heavy atom. The van der Waals surface area contributed by atoms with Gasteiger partial charge in [0.15, 0.2) is 0 Å². The Hall–Kier alpha value is -8.20. The lowest BCUT2D eigenvalue weighted by Crippen LogP contribution is -2.09. The Labute approximate surface area is 362 Å². The van der Waals surface area contributed by atoms with Gasteiger partial charge in [-0.05, 0) is 121 Å². The molecule has 0 unspecified atom stereocenters. The van der Waals surface area contributed by atoms with Crippen molar-refractivity contribution in [3.05, 3.63) is 249 Å². The number of para-hydroxylation sites is 1. The molecule has 0 aliphatic carbocycles. The predicted octanol–water partition coefficient (Wildman–Crippen LogP) is 17.1. The summed E-state index contributed by atoms with van der Waals surface area (Å²) in [6.45, 7) is 0. The molecule has 0 aliphatic rings. The van der Waals surface area contributed by atoms with Crippen molar-refractivity contribution >= 4 is 38.8 Å². The van der Waals surface area contributed by atoms with Crippen LogP contribution in [0.4, 0.5) is 17.1 Å². The van der Waals surface area contributed by atoms with Crippen molar-refractivity contribution in [3.63, 3.8) is 0 Å². The van der Waals surface area contributed by atoms with Gasteiger partial charge >= 0.3 is 0 Å². The molecule has 0 fully saturated rings. The minimum atomic E-state index is 0.859. The lowest BCUT2D eigenvalue weighted by atomic mass is 9.93. The molecule has 0 saturated carbocycles. The number of furan rings is 1. The molecule has 0 atom stereocenters. The molecular formula is C60H41NO. The quantitative estimate of drug-likeness (QED) is 0.145. The highest BCUT2D eigenvalue weighted by atomic mass is 16.3. The van der Waals surface area contributed by atoms with Gasteiger partial charge < -0.3 is 9.32 Å². The van der Waals surface area contributed by atoms with Gasteiger partial charge in [0, 0.05) is 28.0 Å². The van der Waals surface area contributed by atoms with Crippen LogP contribution in [-0.4, -0.2) is 0 Å². The molecule has 0 N–H and O–H groups in total. The minimum Gasteiger partial charge on any atom is -0.456 e. The van der Waals surface area contributed by atoms with Gasteiger partial charge in [0.05, 0.1) is 0 Å². The van der Waals surface area contributed by atoms with Crippen LogP contribution in [0.1, 0.15) is 0 Å². The van der Waals surface area contributed by atoms with E-state index in [-0.39, 0.29) is 0 Å². The van der Waals surface area contributed by atoms with E-state index < -0.39 is 0 Å². The summed E-state index contributed by atoms with van der Waals surface area (Å²) in [4.78, 5) is 2.34. The summed E-state index contributed by atoms with van der Waals surface area (Å²) in [5, 5.41) is 3.59. The Balaban J connectivity index is 0.960. The number of hydrogen-bond donors (Lipinski definition) is 0. The molecule has 2 nitrogen and oxygen atoms in total. The summed E-state index contributed by atoms with van der Waals surface area (Å²) in [7, 11) is 0. The van der Waals surface area contributed by atoms with Crippen molar-refractivity contribution in [2.75, 3.05) is 4.90 Å². The molecule has 0 bridgehead atoms. The molecule has 11 rings (SSSR count). The van der Waals surface area contributed by atoms with E-state index >= 15 is 0 Å². The number of fused-ring (bicyclic) bond motifs is 2. The van der Waals surface area contributed by atoms with E-state index in [1.807, 2.05) is 12.1 Å². The third kappa shape index (κ3) is 7.14. The van der Waals surface area contributed by atoms with E-state index in [0.717, 1.165) is 61.6 Å². The largest absolute Gasteiger partial charge is 0.456 e. The summed E-state index contributed by atoms with van der Waals surface area (Å²) < 4.78 is 6.47. The summed E-state index contributed by atoms with van der Waals surface area (Å²) in [5.41, 5.74) is 17.0. The summed E-state index contributed by atoms with van der Waals surface area (Å²) >= 11 is 0. The van der Waals surface area contributed by atoms with Crippen LogP contribution in [0.15, 0.2) is 253 Å². The zero-order valence-corrected chi connectivity index (χ0v) is 34.0. The minimum absolute atomic E-state index is 0.859. The normalized spacial score (nSPS) is 11.2. The van der Waals surface area contributed by atoms with Crippen molar-refractivity contribution in [1.82, 2.24) is 0 Å². The van der Waals surface area contributed by atoms with E-state index in [9.17, 15) is 0 Å².